The Labute approximate surface area is 117 Å². The van der Waals surface area contributed by atoms with E-state index < -0.39 is 11.6 Å². The first-order valence-corrected chi connectivity index (χ1v) is 6.98. The van der Waals surface area contributed by atoms with Crippen LogP contribution in [-0.2, 0) is 5.88 Å². The molecule has 2 rings (SSSR count). The molecule has 0 aromatic heterocycles. The Hall–Kier alpha value is -0.870. The molecule has 1 aromatic carbocycles. The molecule has 0 aliphatic carbocycles. The van der Waals surface area contributed by atoms with E-state index in [4.69, 9.17) is 11.6 Å². The lowest BCUT2D eigenvalue weighted by Crippen LogP contribution is -2.55. The van der Waals surface area contributed by atoms with Crippen molar-refractivity contribution in [3.8, 4) is 0 Å². The number of halogens is 3. The molecule has 2 unspecified atom stereocenters. The third-order valence-electron chi connectivity index (χ3n) is 3.91. The van der Waals surface area contributed by atoms with Crippen LogP contribution < -0.4 is 4.90 Å². The summed E-state index contributed by atoms with van der Waals surface area (Å²) >= 11 is 5.62. The number of benzene rings is 1. The van der Waals surface area contributed by atoms with Gasteiger partial charge < -0.3 is 4.90 Å². The number of alkyl halides is 1. The number of anilines is 1. The molecule has 0 radical (unpaired) electrons. The first-order valence-electron chi connectivity index (χ1n) is 6.44. The first kappa shape index (κ1) is 14.5. The maximum absolute atomic E-state index is 14.1. The molecule has 0 N–H and O–H groups in total. The Balaban J connectivity index is 2.32. The van der Waals surface area contributed by atoms with E-state index in [0.717, 1.165) is 0 Å². The molecule has 0 amide bonds. The largest absolute Gasteiger partial charge is 0.364 e. The van der Waals surface area contributed by atoms with Gasteiger partial charge in [-0.3, -0.25) is 4.90 Å². The molecule has 19 heavy (non-hydrogen) atoms. The van der Waals surface area contributed by atoms with Gasteiger partial charge in [-0.25, -0.2) is 8.78 Å². The van der Waals surface area contributed by atoms with E-state index in [9.17, 15) is 8.78 Å². The summed E-state index contributed by atoms with van der Waals surface area (Å²) < 4.78 is 28.2. The Kier molecular flexibility index (Phi) is 4.31. The molecule has 2 nitrogen and oxygen atoms in total. The minimum atomic E-state index is -0.528. The first-order chi connectivity index (χ1) is 8.93. The van der Waals surface area contributed by atoms with Gasteiger partial charge in [-0.05, 0) is 38.6 Å². The lowest BCUT2D eigenvalue weighted by Gasteiger charge is -2.43. The number of nitrogens with zero attached hydrogens (tertiary/aromatic N) is 2. The average molecular weight is 289 g/mol. The molecule has 1 heterocycles. The molecule has 1 saturated heterocycles. The van der Waals surface area contributed by atoms with Crippen molar-refractivity contribution in [1.29, 1.82) is 0 Å². The molecule has 2 atom stereocenters. The molecule has 1 fully saturated rings. The van der Waals surface area contributed by atoms with Crippen molar-refractivity contribution in [2.24, 2.45) is 0 Å². The lowest BCUT2D eigenvalue weighted by atomic mass is 10.1. The van der Waals surface area contributed by atoms with Gasteiger partial charge in [0.25, 0.3) is 0 Å². The quantitative estimate of drug-likeness (QED) is 0.771. The van der Waals surface area contributed by atoms with E-state index in [1.54, 1.807) is 4.90 Å². The summed E-state index contributed by atoms with van der Waals surface area (Å²) in [5.74, 6) is -0.942. The summed E-state index contributed by atoms with van der Waals surface area (Å²) in [6, 6.07) is 3.16. The maximum Gasteiger partial charge on any atom is 0.149 e. The minimum Gasteiger partial charge on any atom is -0.364 e. The molecule has 1 aromatic rings. The van der Waals surface area contributed by atoms with Gasteiger partial charge in [-0.15, -0.1) is 11.6 Å². The summed E-state index contributed by atoms with van der Waals surface area (Å²) in [4.78, 5) is 4.01. The van der Waals surface area contributed by atoms with E-state index in [1.807, 2.05) is 7.05 Å². The zero-order chi connectivity index (χ0) is 14.2. The van der Waals surface area contributed by atoms with Gasteiger partial charge in [-0.1, -0.05) is 0 Å². The summed E-state index contributed by atoms with van der Waals surface area (Å²) in [6.07, 6.45) is 0. The topological polar surface area (TPSA) is 6.48 Å². The third-order valence-corrected chi connectivity index (χ3v) is 4.22. The highest BCUT2D eigenvalue weighted by Crippen LogP contribution is 2.28. The minimum absolute atomic E-state index is 0.0701. The van der Waals surface area contributed by atoms with Crippen LogP contribution >= 0.6 is 11.6 Å². The number of rotatable bonds is 2. The fourth-order valence-electron chi connectivity index (χ4n) is 2.58. The second-order valence-corrected chi connectivity index (χ2v) is 5.58. The van der Waals surface area contributed by atoms with Crippen molar-refractivity contribution in [3.63, 3.8) is 0 Å². The van der Waals surface area contributed by atoms with Crippen LogP contribution in [0.25, 0.3) is 0 Å². The van der Waals surface area contributed by atoms with Crippen LogP contribution in [-0.4, -0.2) is 37.1 Å². The fourth-order valence-corrected chi connectivity index (χ4v) is 2.74. The van der Waals surface area contributed by atoms with Crippen molar-refractivity contribution in [2.75, 3.05) is 25.0 Å². The van der Waals surface area contributed by atoms with Crippen LogP contribution in [0.1, 0.15) is 19.4 Å². The van der Waals surface area contributed by atoms with Gasteiger partial charge in [0.15, 0.2) is 0 Å². The predicted molar refractivity (Wildman–Crippen MR) is 74.8 cm³/mol. The smallest absolute Gasteiger partial charge is 0.149 e. The highest BCUT2D eigenvalue weighted by Gasteiger charge is 2.29. The second-order valence-electron chi connectivity index (χ2n) is 5.31. The number of hydrogen-bond donors (Lipinski definition) is 0. The second kappa shape index (κ2) is 5.63. The molecule has 1 aliphatic rings. The van der Waals surface area contributed by atoms with E-state index in [0.29, 0.717) is 18.7 Å². The average Bonchev–Trinajstić information content (AvgIpc) is 2.34. The molecule has 106 valence electrons. The summed E-state index contributed by atoms with van der Waals surface area (Å²) in [5, 5.41) is 0. The molecule has 1 aliphatic heterocycles. The zero-order valence-corrected chi connectivity index (χ0v) is 12.2. The predicted octanol–water partition coefficient (Wildman–Crippen LogP) is 3.23. The van der Waals surface area contributed by atoms with E-state index >= 15 is 0 Å². The Morgan fingerprint density at radius 1 is 1.16 bits per heavy atom. The Bertz CT molecular complexity index is 432. The summed E-state index contributed by atoms with van der Waals surface area (Å²) in [5.41, 5.74) is 0.538. The molecule has 0 bridgehead atoms. The van der Waals surface area contributed by atoms with Crippen LogP contribution in [0.15, 0.2) is 12.1 Å². The monoisotopic (exact) mass is 288 g/mol. The van der Waals surface area contributed by atoms with Crippen LogP contribution in [0.4, 0.5) is 14.5 Å². The van der Waals surface area contributed by atoms with Gasteiger partial charge in [-0.2, -0.15) is 0 Å². The van der Waals surface area contributed by atoms with Gasteiger partial charge in [0.05, 0.1) is 0 Å². The number of hydrogen-bond acceptors (Lipinski definition) is 2. The molecule has 5 heteroatoms. The van der Waals surface area contributed by atoms with Crippen LogP contribution in [0.2, 0.25) is 0 Å². The zero-order valence-electron chi connectivity index (χ0n) is 11.5. The van der Waals surface area contributed by atoms with Gasteiger partial charge in [0, 0.05) is 31.1 Å². The lowest BCUT2D eigenvalue weighted by molar-refractivity contribution is 0.169. The third kappa shape index (κ3) is 2.84. The van der Waals surface area contributed by atoms with E-state index in [-0.39, 0.29) is 23.7 Å². The van der Waals surface area contributed by atoms with Gasteiger partial charge in [0.1, 0.15) is 17.3 Å². The fraction of sp³-hybridized carbons (Fsp3) is 0.571. The number of piperazine rings is 1. The molecular formula is C14H19ClF2N2. The standard InChI is InChI=1S/C14H19ClF2N2/c1-9-7-19(8-10(2)18(9)3)14-12(16)4-11(6-15)5-13(14)17/h4-5,9-10H,6-8H2,1-3H3. The van der Waals surface area contributed by atoms with Crippen molar-refractivity contribution in [2.45, 2.75) is 31.8 Å². The van der Waals surface area contributed by atoms with Crippen molar-refractivity contribution >= 4 is 17.3 Å². The SMILES string of the molecule is CC1CN(c2c(F)cc(CCl)cc2F)CC(C)N1C. The molecule has 0 spiro atoms. The van der Waals surface area contributed by atoms with E-state index in [2.05, 4.69) is 18.7 Å². The van der Waals surface area contributed by atoms with Crippen molar-refractivity contribution in [1.82, 2.24) is 4.90 Å². The van der Waals surface area contributed by atoms with Crippen LogP contribution in [0.5, 0.6) is 0 Å². The van der Waals surface area contributed by atoms with Gasteiger partial charge >= 0.3 is 0 Å². The van der Waals surface area contributed by atoms with Crippen LogP contribution in [0, 0.1) is 11.6 Å². The van der Waals surface area contributed by atoms with E-state index in [1.165, 1.54) is 12.1 Å². The summed E-state index contributed by atoms with van der Waals surface area (Å²) in [6.45, 7) is 5.36. The Morgan fingerprint density at radius 2 is 1.63 bits per heavy atom. The Morgan fingerprint density at radius 3 is 2.05 bits per heavy atom. The van der Waals surface area contributed by atoms with Crippen molar-refractivity contribution in [3.05, 3.63) is 29.3 Å². The maximum atomic E-state index is 14.1. The molecule has 0 saturated carbocycles. The highest BCUT2D eigenvalue weighted by molar-refractivity contribution is 6.17. The van der Waals surface area contributed by atoms with Crippen LogP contribution in [0.3, 0.4) is 0 Å². The normalized spacial score (nSPS) is 24.8. The number of likely N-dealkylation sites (N-methyl/N-ethyl adjacent to an activating group) is 1. The highest BCUT2D eigenvalue weighted by atomic mass is 35.5. The summed E-state index contributed by atoms with van der Waals surface area (Å²) in [7, 11) is 2.04. The molecular weight excluding hydrogens is 270 g/mol. The van der Waals surface area contributed by atoms with Crippen molar-refractivity contribution < 1.29 is 8.78 Å². The van der Waals surface area contributed by atoms with Gasteiger partial charge in [0.2, 0.25) is 0 Å².